The lowest BCUT2D eigenvalue weighted by molar-refractivity contribution is -0.270. The molecule has 6 rings (SSSR count). The van der Waals surface area contributed by atoms with E-state index in [2.05, 4.69) is 16.0 Å². The Bertz CT molecular complexity index is 2330. The van der Waals surface area contributed by atoms with Crippen molar-refractivity contribution in [3.63, 3.8) is 0 Å². The predicted molar refractivity (Wildman–Crippen MR) is 329 cm³/mol. The molecule has 6 fully saturated rings. The Morgan fingerprint density at radius 2 is 0.785 bits per heavy atom. The van der Waals surface area contributed by atoms with Crippen LogP contribution >= 0.6 is 18.1 Å². The summed E-state index contributed by atoms with van der Waals surface area (Å²) in [6.07, 6.45) is -11.5. The fourth-order valence-electron chi connectivity index (χ4n) is 12.5. The minimum atomic E-state index is -1.48. The van der Waals surface area contributed by atoms with Gasteiger partial charge in [-0.25, -0.2) is 0 Å². The van der Waals surface area contributed by atoms with Crippen LogP contribution in [0, 0.1) is 0 Å². The van der Waals surface area contributed by atoms with Gasteiger partial charge in [0.25, 0.3) is 0 Å². The number of amides is 6. The number of ether oxygens (including phenoxy) is 7. The van der Waals surface area contributed by atoms with Gasteiger partial charge in [0.2, 0.25) is 35.4 Å². The number of nitrogens with one attached hydrogen (secondary N) is 3. The fourth-order valence-corrected chi connectivity index (χ4v) is 13.7. The van der Waals surface area contributed by atoms with Gasteiger partial charge in [0.15, 0.2) is 36.9 Å². The van der Waals surface area contributed by atoms with E-state index in [0.29, 0.717) is 77.3 Å². The van der Waals surface area contributed by atoms with Crippen LogP contribution in [0.5, 0.6) is 0 Å². The number of aliphatic hydroxyl groups excluding tert-OH is 9. The van der Waals surface area contributed by atoms with Gasteiger partial charge in [-0.3, -0.25) is 28.8 Å². The average Bonchev–Trinajstić information content (AvgIpc) is 1.83. The SMILES string of the molecule is CC[C@@H]1C[C@@H](OPOC[C@@H]2C[C@@H](OPOC[C@@H]3C[C@@H](OC(C)(C)C)CN3C(=O)CCCCOC3OC(CO)C(O)C(O)C3NC(C)=O)CN2C(=O)CCCCOC2OC(CO)C(O)C(O)C2NC(C)=O)CN1C(=O)CCCCOC1OC(CO)C(O)C(O)C1NC(C)=O. The first kappa shape index (κ1) is 78.9. The number of hydrogen-bond donors (Lipinski definition) is 12. The monoisotopic (exact) mass is 1370 g/mol. The molecule has 6 aliphatic heterocycles. The minimum Gasteiger partial charge on any atom is -0.394 e. The van der Waals surface area contributed by atoms with Gasteiger partial charge < -0.3 is 128 Å². The fraction of sp³-hybridized carbons (Fsp3) is 0.898. The summed E-state index contributed by atoms with van der Waals surface area (Å²) in [6.45, 7) is 11.2. The zero-order valence-corrected chi connectivity index (χ0v) is 56.4. The van der Waals surface area contributed by atoms with Crippen LogP contribution in [0.4, 0.5) is 0 Å². The lowest BCUT2D eigenvalue weighted by Gasteiger charge is -2.42. The van der Waals surface area contributed by atoms with Crippen molar-refractivity contribution in [1.29, 1.82) is 0 Å². The molecular weight excluding hydrogens is 1270 g/mol. The van der Waals surface area contributed by atoms with Crippen molar-refractivity contribution >= 4 is 53.5 Å². The molecule has 23 atom stereocenters. The highest BCUT2D eigenvalue weighted by molar-refractivity contribution is 7.26. The van der Waals surface area contributed by atoms with Gasteiger partial charge in [-0.05, 0) is 85.0 Å². The Hall–Kier alpha value is -3.12. The summed E-state index contributed by atoms with van der Waals surface area (Å²) in [6, 6.07) is -4.11. The van der Waals surface area contributed by atoms with Gasteiger partial charge in [0.1, 0.15) is 73.1 Å². The maximum atomic E-state index is 14.1. The Kier molecular flexibility index (Phi) is 33.0. The molecular formula is C59H104N6O26P2. The maximum absolute atomic E-state index is 14.1. The molecule has 6 aliphatic rings. The number of likely N-dealkylation sites (tertiary alicyclic amines) is 3. The van der Waals surface area contributed by atoms with Gasteiger partial charge in [-0.15, -0.1) is 0 Å². The van der Waals surface area contributed by atoms with Crippen LogP contribution in [0.3, 0.4) is 0 Å². The third-order valence-corrected chi connectivity index (χ3v) is 18.6. The molecule has 0 aromatic heterocycles. The van der Waals surface area contributed by atoms with E-state index in [0.717, 1.165) is 0 Å². The van der Waals surface area contributed by atoms with E-state index in [-0.39, 0.29) is 101 Å². The highest BCUT2D eigenvalue weighted by atomic mass is 31.1. The molecule has 32 nitrogen and oxygen atoms in total. The number of nitrogens with zero attached hydrogens (tertiary/aromatic N) is 3. The van der Waals surface area contributed by atoms with Crippen molar-refractivity contribution in [2.24, 2.45) is 0 Å². The molecule has 6 saturated heterocycles. The molecule has 536 valence electrons. The number of carbonyl (C=O) groups excluding carboxylic acids is 6. The third-order valence-electron chi connectivity index (χ3n) is 17.1. The highest BCUT2D eigenvalue weighted by Gasteiger charge is 2.49. The number of hydrogen-bond acceptors (Lipinski definition) is 26. The zero-order valence-electron chi connectivity index (χ0n) is 54.4. The van der Waals surface area contributed by atoms with E-state index in [1.807, 2.05) is 32.6 Å². The van der Waals surface area contributed by atoms with Gasteiger partial charge in [0, 0.05) is 85.5 Å². The van der Waals surface area contributed by atoms with Crippen molar-refractivity contribution in [2.45, 2.75) is 266 Å². The summed E-state index contributed by atoms with van der Waals surface area (Å²) in [5, 5.41) is 99.6. The summed E-state index contributed by atoms with van der Waals surface area (Å²) in [4.78, 5) is 82.3. The molecule has 12 N–H and O–H groups in total. The summed E-state index contributed by atoms with van der Waals surface area (Å²) in [7, 11) is -0.877. The lowest BCUT2D eigenvalue weighted by Crippen LogP contribution is -2.64. The van der Waals surface area contributed by atoms with E-state index in [1.54, 1.807) is 9.80 Å². The van der Waals surface area contributed by atoms with Crippen LogP contribution in [0.1, 0.15) is 132 Å². The average molecular weight is 1380 g/mol. The van der Waals surface area contributed by atoms with Crippen LogP contribution in [0.15, 0.2) is 0 Å². The molecule has 17 unspecified atom stereocenters. The van der Waals surface area contributed by atoms with Crippen molar-refractivity contribution in [2.75, 3.05) is 72.5 Å². The molecule has 0 aromatic carbocycles. The summed E-state index contributed by atoms with van der Waals surface area (Å²) in [5.74, 6) is -1.80. The quantitative estimate of drug-likeness (QED) is 0.0230. The summed E-state index contributed by atoms with van der Waals surface area (Å²) in [5.41, 5.74) is -0.485. The van der Waals surface area contributed by atoms with E-state index in [4.69, 9.17) is 51.3 Å². The second-order valence-electron chi connectivity index (χ2n) is 25.6. The van der Waals surface area contributed by atoms with E-state index in [1.165, 1.54) is 20.8 Å². The standard InChI is InChI=1S/C59H104N6O26P2/c1-8-35-21-39(25-63(35)44(72)15-9-12-18-81-56-47(60-32(2)69)53(78)50(75)41(27-66)86-56)90-92-85-31-37-23-40(26-65(37)46(74)17-11-14-20-83-58-49(62-34(4)71)55(80)52(77)43(29-68)88-58)91-93-84-30-36-22-38(89-59(5,6)7)24-64(36)45(73)16-10-13-19-82-57-48(61-33(3)70)54(79)51(76)42(28-67)87-57/h35-43,47-58,66-68,75-80,92-93H,8-31H2,1-7H3,(H,60,69)(H,61,70)(H,62,71)/t35-,36+,37+,38-,39-,40-,41?,42?,43?,47?,48?,49?,50?,51?,52?,53?,54?,55?,56?,57?,58?/m1/s1. The molecule has 0 saturated carbocycles. The van der Waals surface area contributed by atoms with E-state index >= 15 is 0 Å². The summed E-state index contributed by atoms with van der Waals surface area (Å²) >= 11 is 0. The molecule has 0 bridgehead atoms. The minimum absolute atomic E-state index is 0.0563. The normalized spacial score (nSPS) is 34.3. The van der Waals surface area contributed by atoms with Crippen molar-refractivity contribution < 1.29 is 126 Å². The first-order valence-corrected chi connectivity index (χ1v) is 34.0. The number of rotatable bonds is 36. The number of carbonyl (C=O) groups is 6. The Morgan fingerprint density at radius 1 is 0.473 bits per heavy atom. The van der Waals surface area contributed by atoms with Gasteiger partial charge in [-0.2, -0.15) is 0 Å². The number of unbranched alkanes of at least 4 members (excludes halogenated alkanes) is 3. The maximum Gasteiger partial charge on any atom is 0.222 e. The second kappa shape index (κ2) is 38.9. The summed E-state index contributed by atoms with van der Waals surface area (Å²) < 4.78 is 65.6. The first-order valence-electron chi connectivity index (χ1n) is 32.4. The lowest BCUT2D eigenvalue weighted by atomic mass is 9.97. The van der Waals surface area contributed by atoms with Crippen molar-refractivity contribution in [1.82, 2.24) is 30.7 Å². The predicted octanol–water partition coefficient (Wildman–Crippen LogP) is -2.40. The van der Waals surface area contributed by atoms with E-state index in [9.17, 15) is 74.7 Å². The van der Waals surface area contributed by atoms with Crippen LogP contribution in [0.2, 0.25) is 0 Å². The third kappa shape index (κ3) is 23.8. The van der Waals surface area contributed by atoms with Crippen LogP contribution in [-0.4, -0.2) is 303 Å². The molecule has 6 heterocycles. The van der Waals surface area contributed by atoms with Gasteiger partial charge in [-0.1, -0.05) is 6.92 Å². The van der Waals surface area contributed by atoms with Gasteiger partial charge >= 0.3 is 0 Å². The van der Waals surface area contributed by atoms with Crippen molar-refractivity contribution in [3.05, 3.63) is 0 Å². The zero-order chi connectivity index (χ0) is 68.1. The number of aliphatic hydroxyl groups is 9. The van der Waals surface area contributed by atoms with Crippen LogP contribution in [-0.2, 0) is 80.0 Å². The van der Waals surface area contributed by atoms with Gasteiger partial charge in [0.05, 0.1) is 69.0 Å². The Balaban J connectivity index is 0.989. The molecule has 0 radical (unpaired) electrons. The molecule has 0 aliphatic carbocycles. The molecule has 34 heteroatoms. The van der Waals surface area contributed by atoms with Crippen molar-refractivity contribution in [3.8, 4) is 0 Å². The topological polar surface area (TPSA) is 432 Å². The largest absolute Gasteiger partial charge is 0.394 e. The second-order valence-corrected chi connectivity index (χ2v) is 27.0. The highest BCUT2D eigenvalue weighted by Crippen LogP contribution is 2.35. The molecule has 0 spiro atoms. The Morgan fingerprint density at radius 3 is 1.10 bits per heavy atom. The van der Waals surface area contributed by atoms with Crippen LogP contribution < -0.4 is 16.0 Å². The first-order chi connectivity index (χ1) is 44.3. The smallest absolute Gasteiger partial charge is 0.222 e. The Labute approximate surface area is 546 Å². The van der Waals surface area contributed by atoms with E-state index < -0.39 is 165 Å². The molecule has 0 aromatic rings. The molecule has 93 heavy (non-hydrogen) atoms. The van der Waals surface area contributed by atoms with Crippen LogP contribution in [0.25, 0.3) is 0 Å². The molecule has 6 amide bonds.